The van der Waals surface area contributed by atoms with Gasteiger partial charge in [0.1, 0.15) is 0 Å². The van der Waals surface area contributed by atoms with Gasteiger partial charge in [0.2, 0.25) is 11.8 Å². The van der Waals surface area contributed by atoms with Crippen molar-refractivity contribution < 1.29 is 14.3 Å². The number of hydrogen-bond donors (Lipinski definition) is 0. The molecule has 0 radical (unpaired) electrons. The average molecular weight is 442 g/mol. The molecule has 0 aromatic heterocycles. The Hall–Kier alpha value is -1.92. The molecule has 1 aromatic carbocycles. The highest BCUT2D eigenvalue weighted by molar-refractivity contribution is 5.94. The summed E-state index contributed by atoms with van der Waals surface area (Å²) in [6.07, 6.45) is 8.62. The summed E-state index contributed by atoms with van der Waals surface area (Å²) in [7, 11) is 2.21. The van der Waals surface area contributed by atoms with Crippen molar-refractivity contribution in [3.05, 3.63) is 29.8 Å². The van der Waals surface area contributed by atoms with Crippen molar-refractivity contribution in [1.82, 2.24) is 9.80 Å². The molecule has 3 unspecified atom stereocenters. The number of piperidine rings is 1. The first-order valence-electron chi connectivity index (χ1n) is 12.6. The smallest absolute Gasteiger partial charge is 0.226 e. The van der Waals surface area contributed by atoms with Crippen molar-refractivity contribution in [3.8, 4) is 0 Å². The Morgan fingerprint density at radius 1 is 1.00 bits per heavy atom. The van der Waals surface area contributed by atoms with E-state index in [0.29, 0.717) is 31.5 Å². The van der Waals surface area contributed by atoms with E-state index in [1.165, 1.54) is 6.42 Å². The zero-order valence-electron chi connectivity index (χ0n) is 19.8. The topological polar surface area (TPSA) is 53.1 Å². The van der Waals surface area contributed by atoms with E-state index in [9.17, 15) is 9.59 Å². The number of rotatable bonds is 3. The number of likely N-dealkylation sites (N-methyl/N-ethyl adjacent to an activating group) is 1. The molecule has 2 saturated heterocycles. The molecule has 6 heteroatoms. The zero-order chi connectivity index (χ0) is 22.5. The van der Waals surface area contributed by atoms with Crippen molar-refractivity contribution in [2.75, 3.05) is 31.6 Å². The highest BCUT2D eigenvalue weighted by atomic mass is 16.5. The van der Waals surface area contributed by atoms with Crippen LogP contribution in [0.15, 0.2) is 24.3 Å². The van der Waals surface area contributed by atoms with Crippen LogP contribution in [0.2, 0.25) is 0 Å². The summed E-state index contributed by atoms with van der Waals surface area (Å²) in [5.74, 6) is 0.329. The summed E-state index contributed by atoms with van der Waals surface area (Å²) < 4.78 is 5.88. The van der Waals surface area contributed by atoms with Gasteiger partial charge in [0, 0.05) is 50.4 Å². The Bertz CT molecular complexity index is 792. The molecule has 0 N–H and O–H groups in total. The van der Waals surface area contributed by atoms with Crippen LogP contribution >= 0.6 is 0 Å². The number of para-hydroxylation sites is 1. The van der Waals surface area contributed by atoms with Crippen LogP contribution in [-0.4, -0.2) is 66.5 Å². The number of amides is 2. The first-order valence-corrected chi connectivity index (χ1v) is 12.6. The van der Waals surface area contributed by atoms with Crippen molar-refractivity contribution in [1.29, 1.82) is 0 Å². The van der Waals surface area contributed by atoms with E-state index in [1.54, 1.807) is 0 Å². The van der Waals surface area contributed by atoms with E-state index in [-0.39, 0.29) is 17.9 Å². The quantitative estimate of drug-likeness (QED) is 0.712. The van der Waals surface area contributed by atoms with Crippen LogP contribution in [-0.2, 0) is 20.9 Å². The predicted octanol–water partition coefficient (Wildman–Crippen LogP) is 3.97. The minimum absolute atomic E-state index is 0.0414. The highest BCUT2D eigenvalue weighted by Gasteiger charge is 2.33. The number of fused-ring (bicyclic) bond motifs is 3. The second-order valence-corrected chi connectivity index (χ2v) is 9.69. The fourth-order valence-electron chi connectivity index (χ4n) is 5.63. The van der Waals surface area contributed by atoms with Gasteiger partial charge in [-0.3, -0.25) is 14.5 Å². The monoisotopic (exact) mass is 441 g/mol. The van der Waals surface area contributed by atoms with Gasteiger partial charge in [-0.1, -0.05) is 31.5 Å². The third-order valence-electron chi connectivity index (χ3n) is 7.62. The normalized spacial score (nSPS) is 27.4. The molecule has 1 aromatic rings. The van der Waals surface area contributed by atoms with Crippen LogP contribution in [0.25, 0.3) is 0 Å². The van der Waals surface area contributed by atoms with Crippen LogP contribution in [0.3, 0.4) is 0 Å². The van der Waals surface area contributed by atoms with Gasteiger partial charge in [-0.15, -0.1) is 0 Å². The summed E-state index contributed by atoms with van der Waals surface area (Å²) in [5, 5.41) is 0. The molecule has 3 atom stereocenters. The summed E-state index contributed by atoms with van der Waals surface area (Å²) in [4.78, 5) is 32.9. The Kier molecular flexibility index (Phi) is 7.84. The lowest BCUT2D eigenvalue weighted by Gasteiger charge is -2.42. The standard InChI is InChI=1S/C26H39N3O3/c1-3-25(30)29-15-14-21-10-8-11-22(27(21)2)19-28(18-20-9-4-5-13-24(20)29)26(31)17-23-12-6-7-16-32-23/h4-5,9,13,21-23H,3,6-8,10-12,14-19H2,1-2H3. The average Bonchev–Trinajstić information content (AvgIpc) is 2.82. The van der Waals surface area contributed by atoms with Gasteiger partial charge in [0.15, 0.2) is 0 Å². The molecule has 0 aliphatic carbocycles. The van der Waals surface area contributed by atoms with Crippen molar-refractivity contribution in [2.45, 2.75) is 89.4 Å². The van der Waals surface area contributed by atoms with Gasteiger partial charge in [-0.2, -0.15) is 0 Å². The molecule has 2 amide bonds. The summed E-state index contributed by atoms with van der Waals surface area (Å²) in [6.45, 7) is 4.72. The zero-order valence-corrected chi connectivity index (χ0v) is 19.8. The minimum atomic E-state index is 0.0414. The Balaban J connectivity index is 1.64. The van der Waals surface area contributed by atoms with Crippen LogP contribution in [0, 0.1) is 0 Å². The van der Waals surface area contributed by atoms with Gasteiger partial charge in [-0.25, -0.2) is 0 Å². The maximum absolute atomic E-state index is 13.5. The second-order valence-electron chi connectivity index (χ2n) is 9.69. The number of carbonyl (C=O) groups excluding carboxylic acids is 2. The summed E-state index contributed by atoms with van der Waals surface area (Å²) >= 11 is 0. The predicted molar refractivity (Wildman–Crippen MR) is 127 cm³/mol. The van der Waals surface area contributed by atoms with E-state index in [2.05, 4.69) is 18.0 Å². The highest BCUT2D eigenvalue weighted by Crippen LogP contribution is 2.30. The number of ether oxygens (including phenoxy) is 1. The molecule has 3 aliphatic rings. The first-order chi connectivity index (χ1) is 15.6. The number of anilines is 1. The first kappa shape index (κ1) is 23.2. The molecule has 3 heterocycles. The number of benzene rings is 1. The Labute approximate surface area is 192 Å². The molecule has 0 saturated carbocycles. The van der Waals surface area contributed by atoms with E-state index >= 15 is 0 Å². The lowest BCUT2D eigenvalue weighted by molar-refractivity contribution is -0.137. The molecule has 3 aliphatic heterocycles. The van der Waals surface area contributed by atoms with Crippen LogP contribution in [0.1, 0.15) is 70.3 Å². The van der Waals surface area contributed by atoms with Gasteiger partial charge in [0.25, 0.3) is 0 Å². The Morgan fingerprint density at radius 2 is 1.81 bits per heavy atom. The van der Waals surface area contributed by atoms with Gasteiger partial charge in [-0.05, 0) is 57.2 Å². The minimum Gasteiger partial charge on any atom is -0.378 e. The third kappa shape index (κ3) is 5.34. The molecule has 2 bridgehead atoms. The molecular weight excluding hydrogens is 402 g/mol. The maximum atomic E-state index is 13.5. The molecule has 4 rings (SSSR count). The fraction of sp³-hybridized carbons (Fsp3) is 0.692. The lowest BCUT2D eigenvalue weighted by Crippen LogP contribution is -2.51. The number of hydrogen-bond acceptors (Lipinski definition) is 4. The fourth-order valence-corrected chi connectivity index (χ4v) is 5.63. The Morgan fingerprint density at radius 3 is 2.59 bits per heavy atom. The van der Waals surface area contributed by atoms with Crippen molar-refractivity contribution in [3.63, 3.8) is 0 Å². The second kappa shape index (κ2) is 10.8. The van der Waals surface area contributed by atoms with Gasteiger partial charge < -0.3 is 14.5 Å². The molecular formula is C26H39N3O3. The summed E-state index contributed by atoms with van der Waals surface area (Å²) in [5.41, 5.74) is 2.02. The van der Waals surface area contributed by atoms with Gasteiger partial charge >= 0.3 is 0 Å². The van der Waals surface area contributed by atoms with Crippen LogP contribution < -0.4 is 4.90 Å². The molecule has 0 spiro atoms. The molecule has 176 valence electrons. The van der Waals surface area contributed by atoms with Crippen molar-refractivity contribution >= 4 is 17.5 Å². The SMILES string of the molecule is CCC(=O)N1CCC2CCCC(CN(C(=O)CC3CCCCO3)Cc3ccccc31)N2C. The largest absolute Gasteiger partial charge is 0.378 e. The van der Waals surface area contributed by atoms with E-state index < -0.39 is 0 Å². The number of nitrogens with zero attached hydrogens (tertiary/aromatic N) is 3. The maximum Gasteiger partial charge on any atom is 0.226 e. The lowest BCUT2D eigenvalue weighted by atomic mass is 9.93. The van der Waals surface area contributed by atoms with E-state index in [0.717, 1.165) is 69.5 Å². The molecule has 6 nitrogen and oxygen atoms in total. The van der Waals surface area contributed by atoms with E-state index in [1.807, 2.05) is 34.9 Å². The number of carbonyl (C=O) groups is 2. The van der Waals surface area contributed by atoms with Gasteiger partial charge in [0.05, 0.1) is 12.5 Å². The van der Waals surface area contributed by atoms with Crippen molar-refractivity contribution in [2.24, 2.45) is 0 Å². The van der Waals surface area contributed by atoms with Crippen LogP contribution in [0.5, 0.6) is 0 Å². The third-order valence-corrected chi connectivity index (χ3v) is 7.62. The van der Waals surface area contributed by atoms with E-state index in [4.69, 9.17) is 4.74 Å². The summed E-state index contributed by atoms with van der Waals surface area (Å²) in [6, 6.07) is 8.96. The van der Waals surface area contributed by atoms with Crippen LogP contribution in [0.4, 0.5) is 5.69 Å². The molecule has 2 fully saturated rings. The molecule has 32 heavy (non-hydrogen) atoms.